The molecule has 0 radical (unpaired) electrons. The number of carbonyl (C=O) groups excluding carboxylic acids is 1. The lowest BCUT2D eigenvalue weighted by Crippen LogP contribution is -2.09. The first-order chi connectivity index (χ1) is 8.99. The van der Waals surface area contributed by atoms with Crippen molar-refractivity contribution >= 4 is 24.3 Å². The van der Waals surface area contributed by atoms with E-state index in [0.717, 1.165) is 16.5 Å². The molecular weight excluding hydrogens is 267 g/mol. The first kappa shape index (κ1) is 14.0. The zero-order valence-electron chi connectivity index (χ0n) is 11.0. The summed E-state index contributed by atoms with van der Waals surface area (Å²) >= 11 is 0. The lowest BCUT2D eigenvalue weighted by atomic mass is 10.0. The number of aryl methyl sites for hydroxylation is 1. The third-order valence-corrected chi connectivity index (χ3v) is 4.78. The fraction of sp³-hybridized carbons (Fsp3) is 0.308. The molecule has 102 valence electrons. The smallest absolute Gasteiger partial charge is 0.337 e. The molecule has 1 aromatic heterocycles. The molecule has 1 aromatic carbocycles. The summed E-state index contributed by atoms with van der Waals surface area (Å²) in [6.07, 6.45) is 1.29. The van der Waals surface area contributed by atoms with E-state index in [2.05, 4.69) is 0 Å². The fourth-order valence-corrected chi connectivity index (χ4v) is 2.81. The third kappa shape index (κ3) is 2.78. The van der Waals surface area contributed by atoms with E-state index in [0.29, 0.717) is 5.56 Å². The molecule has 0 saturated carbocycles. The first-order valence-electron chi connectivity index (χ1n) is 5.70. The van der Waals surface area contributed by atoms with Gasteiger partial charge in [-0.15, -0.1) is 0 Å². The predicted molar refractivity (Wildman–Crippen MR) is 71.8 cm³/mol. The van der Waals surface area contributed by atoms with Crippen LogP contribution < -0.4 is 0 Å². The van der Waals surface area contributed by atoms with Crippen LogP contribution in [0.1, 0.15) is 15.9 Å². The van der Waals surface area contributed by atoms with E-state index in [1.54, 1.807) is 31.4 Å². The van der Waals surface area contributed by atoms with E-state index in [1.165, 1.54) is 14.2 Å². The zero-order chi connectivity index (χ0) is 14.0. The Kier molecular flexibility index (Phi) is 3.90. The lowest BCUT2D eigenvalue weighted by molar-refractivity contribution is 0.101. The second-order valence-electron chi connectivity index (χ2n) is 4.18. The van der Waals surface area contributed by atoms with Gasteiger partial charge in [0.05, 0.1) is 6.26 Å². The molecule has 0 unspecified atom stereocenters. The van der Waals surface area contributed by atoms with Crippen LogP contribution in [-0.4, -0.2) is 26.2 Å². The summed E-state index contributed by atoms with van der Waals surface area (Å²) < 4.78 is 26.8. The second-order valence-corrected chi connectivity index (χ2v) is 6.45. The highest BCUT2D eigenvalue weighted by molar-refractivity contribution is 7.54. The van der Waals surface area contributed by atoms with Gasteiger partial charge in [-0.3, -0.25) is 9.36 Å². The number of ketones is 1. The molecule has 1 heterocycles. The lowest BCUT2D eigenvalue weighted by Gasteiger charge is -2.13. The second kappa shape index (κ2) is 5.29. The maximum Gasteiger partial charge on any atom is 0.337 e. The van der Waals surface area contributed by atoms with Crippen LogP contribution in [-0.2, 0) is 13.6 Å². The van der Waals surface area contributed by atoms with E-state index in [-0.39, 0.29) is 11.9 Å². The highest BCUT2D eigenvalue weighted by Gasteiger charge is 2.27. The minimum atomic E-state index is -3.34. The zero-order valence-corrected chi connectivity index (χ0v) is 11.9. The fourth-order valence-electron chi connectivity index (χ4n) is 1.88. The molecule has 0 atom stereocenters. The van der Waals surface area contributed by atoms with Crippen molar-refractivity contribution in [1.29, 1.82) is 0 Å². The molecule has 2 rings (SSSR count). The SMILES string of the molecule is COP(=O)(CC(=O)c1cc2ccoc2cc1C)OC. The van der Waals surface area contributed by atoms with Crippen LogP contribution in [0.25, 0.3) is 11.0 Å². The minimum Gasteiger partial charge on any atom is -0.464 e. The van der Waals surface area contributed by atoms with E-state index < -0.39 is 7.60 Å². The molecule has 0 saturated heterocycles. The number of carbonyl (C=O) groups is 1. The van der Waals surface area contributed by atoms with Gasteiger partial charge in [-0.2, -0.15) is 0 Å². The Morgan fingerprint density at radius 3 is 2.63 bits per heavy atom. The van der Waals surface area contributed by atoms with Crippen LogP contribution >= 0.6 is 7.60 Å². The molecule has 0 spiro atoms. The van der Waals surface area contributed by atoms with Gasteiger partial charge < -0.3 is 13.5 Å². The Hall–Kier alpha value is -1.42. The Labute approximate surface area is 111 Å². The summed E-state index contributed by atoms with van der Waals surface area (Å²) in [6, 6.07) is 5.29. The van der Waals surface area contributed by atoms with Gasteiger partial charge in [0.1, 0.15) is 11.7 Å². The average Bonchev–Trinajstić information content (AvgIpc) is 2.84. The Bertz CT molecular complexity index is 650. The monoisotopic (exact) mass is 282 g/mol. The summed E-state index contributed by atoms with van der Waals surface area (Å²) in [7, 11) is -0.806. The van der Waals surface area contributed by atoms with E-state index in [4.69, 9.17) is 13.5 Å². The van der Waals surface area contributed by atoms with Crippen LogP contribution in [0.15, 0.2) is 28.9 Å². The molecule has 0 aliphatic heterocycles. The van der Waals surface area contributed by atoms with Gasteiger partial charge in [0, 0.05) is 25.2 Å². The Balaban J connectivity index is 2.35. The van der Waals surface area contributed by atoms with Crippen LogP contribution in [0.5, 0.6) is 0 Å². The van der Waals surface area contributed by atoms with Gasteiger partial charge in [-0.25, -0.2) is 0 Å². The van der Waals surface area contributed by atoms with Crippen molar-refractivity contribution in [3.63, 3.8) is 0 Å². The van der Waals surface area contributed by atoms with Gasteiger partial charge in [0.25, 0.3) is 0 Å². The van der Waals surface area contributed by atoms with Gasteiger partial charge in [0.2, 0.25) is 0 Å². The van der Waals surface area contributed by atoms with Crippen molar-refractivity contribution in [2.45, 2.75) is 6.92 Å². The molecule has 0 amide bonds. The van der Waals surface area contributed by atoms with E-state index >= 15 is 0 Å². The summed E-state index contributed by atoms with van der Waals surface area (Å²) in [5, 5.41) is 0.832. The van der Waals surface area contributed by atoms with Gasteiger partial charge in [0.15, 0.2) is 5.78 Å². The van der Waals surface area contributed by atoms with Crippen molar-refractivity contribution < 1.29 is 22.8 Å². The largest absolute Gasteiger partial charge is 0.464 e. The van der Waals surface area contributed by atoms with Gasteiger partial charge in [-0.05, 0) is 30.7 Å². The molecule has 2 aromatic rings. The maximum absolute atomic E-state index is 12.2. The predicted octanol–water partition coefficient (Wildman–Crippen LogP) is 3.41. The van der Waals surface area contributed by atoms with Crippen molar-refractivity contribution in [1.82, 2.24) is 0 Å². The molecule has 0 bridgehead atoms. The van der Waals surface area contributed by atoms with Crippen molar-refractivity contribution in [3.8, 4) is 0 Å². The number of Topliss-reactive ketones (excluding diaryl/α,β-unsaturated/α-hetero) is 1. The Morgan fingerprint density at radius 1 is 1.32 bits per heavy atom. The molecule has 0 fully saturated rings. The number of hydrogen-bond donors (Lipinski definition) is 0. The van der Waals surface area contributed by atoms with Crippen molar-refractivity contribution in [3.05, 3.63) is 35.6 Å². The number of hydrogen-bond acceptors (Lipinski definition) is 5. The van der Waals surface area contributed by atoms with E-state index in [9.17, 15) is 9.36 Å². The number of rotatable bonds is 5. The molecule has 19 heavy (non-hydrogen) atoms. The summed E-state index contributed by atoms with van der Waals surface area (Å²) in [5.74, 6) is -0.271. The number of furan rings is 1. The molecule has 6 heteroatoms. The quantitative estimate of drug-likeness (QED) is 0.621. The minimum absolute atomic E-state index is 0.271. The van der Waals surface area contributed by atoms with Gasteiger partial charge >= 0.3 is 7.60 Å². The summed E-state index contributed by atoms with van der Waals surface area (Å²) in [4.78, 5) is 12.2. The molecule has 0 N–H and O–H groups in total. The molecular formula is C13H15O5P. The van der Waals surface area contributed by atoms with Crippen LogP contribution in [0.3, 0.4) is 0 Å². The normalized spacial score (nSPS) is 11.9. The summed E-state index contributed by atoms with van der Waals surface area (Å²) in [6.45, 7) is 1.81. The highest BCUT2D eigenvalue weighted by atomic mass is 31.2. The third-order valence-electron chi connectivity index (χ3n) is 2.99. The number of fused-ring (bicyclic) bond motifs is 1. The van der Waals surface area contributed by atoms with Crippen LogP contribution in [0.4, 0.5) is 0 Å². The Morgan fingerprint density at radius 2 is 2.00 bits per heavy atom. The highest BCUT2D eigenvalue weighted by Crippen LogP contribution is 2.46. The standard InChI is InChI=1S/C13H15O5P/c1-9-6-13-10(4-5-18-13)7-11(9)12(14)8-19(15,16-2)17-3/h4-7H,8H2,1-3H3. The average molecular weight is 282 g/mol. The number of benzene rings is 1. The topological polar surface area (TPSA) is 65.7 Å². The molecule has 0 aliphatic rings. The van der Waals surface area contributed by atoms with Crippen LogP contribution in [0.2, 0.25) is 0 Å². The maximum atomic E-state index is 12.2. The molecule has 5 nitrogen and oxygen atoms in total. The van der Waals surface area contributed by atoms with Gasteiger partial charge in [-0.1, -0.05) is 0 Å². The van der Waals surface area contributed by atoms with Crippen molar-refractivity contribution in [2.24, 2.45) is 0 Å². The summed E-state index contributed by atoms with van der Waals surface area (Å²) in [5.41, 5.74) is 1.99. The first-order valence-corrected chi connectivity index (χ1v) is 7.43. The molecule has 0 aliphatic carbocycles. The van der Waals surface area contributed by atoms with E-state index in [1.807, 2.05) is 0 Å². The van der Waals surface area contributed by atoms with Crippen molar-refractivity contribution in [2.75, 3.05) is 20.4 Å². The van der Waals surface area contributed by atoms with Crippen LogP contribution in [0, 0.1) is 6.92 Å².